The van der Waals surface area contributed by atoms with E-state index in [1.807, 2.05) is 24.1 Å². The molecule has 126 valence electrons. The Kier molecular flexibility index (Phi) is 5.08. The zero-order chi connectivity index (χ0) is 17.1. The van der Waals surface area contributed by atoms with Crippen molar-refractivity contribution in [2.45, 2.75) is 18.9 Å². The van der Waals surface area contributed by atoms with E-state index in [4.69, 9.17) is 16.3 Å². The van der Waals surface area contributed by atoms with Gasteiger partial charge in [-0.15, -0.1) is 0 Å². The molecule has 1 aromatic carbocycles. The zero-order valence-corrected chi connectivity index (χ0v) is 14.4. The number of likely N-dealkylation sites (tertiary alicyclic amines) is 1. The van der Waals surface area contributed by atoms with Gasteiger partial charge in [0.2, 0.25) is 0 Å². The van der Waals surface area contributed by atoms with Gasteiger partial charge in [-0.2, -0.15) is 5.26 Å². The largest absolute Gasteiger partial charge is 0.377 e. The van der Waals surface area contributed by atoms with Crippen molar-refractivity contribution in [2.75, 3.05) is 33.4 Å². The third kappa shape index (κ3) is 3.40. The quantitative estimate of drug-likeness (QED) is 0.774. The van der Waals surface area contributed by atoms with E-state index in [1.165, 1.54) is 0 Å². The molecule has 0 saturated carbocycles. The lowest BCUT2D eigenvalue weighted by Gasteiger charge is -2.39. The van der Waals surface area contributed by atoms with Gasteiger partial charge in [0.05, 0.1) is 30.9 Å². The fourth-order valence-corrected chi connectivity index (χ4v) is 3.13. The molecule has 5 nitrogen and oxygen atoms in total. The van der Waals surface area contributed by atoms with Crippen molar-refractivity contribution in [3.8, 4) is 6.07 Å². The number of nitriles is 1. The van der Waals surface area contributed by atoms with E-state index in [0.29, 0.717) is 36.9 Å². The average Bonchev–Trinajstić information content (AvgIpc) is 2.55. The van der Waals surface area contributed by atoms with Crippen molar-refractivity contribution >= 4 is 23.2 Å². The van der Waals surface area contributed by atoms with Gasteiger partial charge in [0, 0.05) is 25.2 Å². The summed E-state index contributed by atoms with van der Waals surface area (Å²) in [4.78, 5) is 16.1. The number of allylic oxidation sites excluding steroid dienone is 1. The second-order valence-electron chi connectivity index (χ2n) is 6.17. The Balaban J connectivity index is 1.67. The number of carbonyl (C=O) groups excluding carboxylic acids is 1. The highest BCUT2D eigenvalue weighted by atomic mass is 35.5. The van der Waals surface area contributed by atoms with Crippen molar-refractivity contribution < 1.29 is 9.53 Å². The Morgan fingerprint density at radius 1 is 1.29 bits per heavy atom. The number of piperidine rings is 1. The molecule has 2 fully saturated rings. The number of nitrogens with zero attached hydrogens (tertiary/aromatic N) is 3. The van der Waals surface area contributed by atoms with Gasteiger partial charge < -0.3 is 14.5 Å². The highest BCUT2D eigenvalue weighted by Gasteiger charge is 2.31. The fraction of sp³-hybridized carbons (Fsp3) is 0.444. The van der Waals surface area contributed by atoms with E-state index in [9.17, 15) is 10.1 Å². The molecule has 0 bridgehead atoms. The second-order valence-corrected chi connectivity index (χ2v) is 6.61. The minimum Gasteiger partial charge on any atom is -0.377 e. The first-order valence-corrected chi connectivity index (χ1v) is 8.45. The van der Waals surface area contributed by atoms with Crippen LogP contribution < -0.4 is 0 Å². The first-order valence-electron chi connectivity index (χ1n) is 8.07. The van der Waals surface area contributed by atoms with Gasteiger partial charge in [-0.25, -0.2) is 4.79 Å². The van der Waals surface area contributed by atoms with E-state index in [2.05, 4.69) is 6.07 Å². The first-order chi connectivity index (χ1) is 11.6. The van der Waals surface area contributed by atoms with Crippen LogP contribution in [0.25, 0.3) is 5.57 Å². The minimum absolute atomic E-state index is 0.0485. The molecular weight excluding hydrogens is 326 g/mol. The van der Waals surface area contributed by atoms with Gasteiger partial charge in [0.1, 0.15) is 0 Å². The van der Waals surface area contributed by atoms with Crippen LogP contribution in [0.2, 0.25) is 5.02 Å². The molecule has 2 aliphatic rings. The van der Waals surface area contributed by atoms with E-state index in [0.717, 1.165) is 24.0 Å². The Hall–Kier alpha value is -2.03. The number of halogens is 1. The lowest BCUT2D eigenvalue weighted by molar-refractivity contribution is -0.0461. The number of amides is 2. The molecular formula is C18H20ClN3O2. The number of benzene rings is 1. The van der Waals surface area contributed by atoms with Gasteiger partial charge in [0.15, 0.2) is 0 Å². The van der Waals surface area contributed by atoms with E-state index in [1.54, 1.807) is 17.0 Å². The lowest BCUT2D eigenvalue weighted by atomic mass is 9.94. The van der Waals surface area contributed by atoms with Crippen molar-refractivity contribution in [3.05, 3.63) is 40.4 Å². The topological polar surface area (TPSA) is 56.6 Å². The lowest BCUT2D eigenvalue weighted by Crippen LogP contribution is -2.54. The predicted octanol–water partition coefficient (Wildman–Crippen LogP) is 3.16. The number of ether oxygens (including phenoxy) is 1. The number of hydrogen-bond donors (Lipinski definition) is 0. The Morgan fingerprint density at radius 3 is 2.42 bits per heavy atom. The smallest absolute Gasteiger partial charge is 0.320 e. The summed E-state index contributed by atoms with van der Waals surface area (Å²) in [5.74, 6) is 0. The number of hydrogen-bond acceptors (Lipinski definition) is 3. The Labute approximate surface area is 147 Å². The van der Waals surface area contributed by atoms with Crippen molar-refractivity contribution in [3.63, 3.8) is 0 Å². The molecule has 2 amide bonds. The van der Waals surface area contributed by atoms with Crippen LogP contribution in [0.15, 0.2) is 29.8 Å². The Morgan fingerprint density at radius 2 is 1.92 bits per heavy atom. The molecule has 1 aromatic rings. The molecule has 2 heterocycles. The molecule has 2 saturated heterocycles. The molecule has 0 atom stereocenters. The predicted molar refractivity (Wildman–Crippen MR) is 92.6 cm³/mol. The van der Waals surface area contributed by atoms with Crippen molar-refractivity contribution in [2.24, 2.45) is 0 Å². The third-order valence-corrected chi connectivity index (χ3v) is 4.96. The summed E-state index contributed by atoms with van der Waals surface area (Å²) in [6.07, 6.45) is 1.46. The summed E-state index contributed by atoms with van der Waals surface area (Å²) in [5.41, 5.74) is 2.71. The van der Waals surface area contributed by atoms with Crippen molar-refractivity contribution in [1.82, 2.24) is 9.80 Å². The standard InChI is InChI=1S/C18H20ClN3O2/c1-21(16-11-24-12-16)18(23)22-8-6-14(7-9-22)17(10-20)13-2-4-15(19)5-3-13/h2-5,16H,6-9,11-12H2,1H3. The maximum atomic E-state index is 12.5. The van der Waals surface area contributed by atoms with E-state index in [-0.39, 0.29) is 12.1 Å². The van der Waals surface area contributed by atoms with Gasteiger partial charge in [-0.3, -0.25) is 0 Å². The highest BCUT2D eigenvalue weighted by Crippen LogP contribution is 2.28. The third-order valence-electron chi connectivity index (χ3n) is 4.71. The van der Waals surface area contributed by atoms with E-state index < -0.39 is 0 Å². The molecule has 0 N–H and O–H groups in total. The number of likely N-dealkylation sites (N-methyl/N-ethyl adjacent to an activating group) is 1. The summed E-state index contributed by atoms with van der Waals surface area (Å²) in [5, 5.41) is 10.2. The number of rotatable bonds is 2. The molecule has 0 spiro atoms. The van der Waals surface area contributed by atoms with Crippen LogP contribution in [0.1, 0.15) is 18.4 Å². The minimum atomic E-state index is 0.0485. The monoisotopic (exact) mass is 345 g/mol. The molecule has 3 rings (SSSR count). The van der Waals surface area contributed by atoms with Crippen LogP contribution in [0.3, 0.4) is 0 Å². The van der Waals surface area contributed by atoms with Crippen molar-refractivity contribution in [1.29, 1.82) is 5.26 Å². The Bertz CT molecular complexity index is 679. The van der Waals surface area contributed by atoms with Crippen LogP contribution in [0.5, 0.6) is 0 Å². The number of urea groups is 1. The summed E-state index contributed by atoms with van der Waals surface area (Å²) in [7, 11) is 1.83. The second kappa shape index (κ2) is 7.25. The van der Waals surface area contributed by atoms with Crippen LogP contribution in [-0.2, 0) is 4.74 Å². The molecule has 2 aliphatic heterocycles. The SMILES string of the molecule is CN(C(=O)N1CCC(=C(C#N)c2ccc(Cl)cc2)CC1)C1COC1. The summed E-state index contributed by atoms with van der Waals surface area (Å²) < 4.78 is 5.15. The normalized spacial score (nSPS) is 17.9. The van der Waals surface area contributed by atoms with E-state index >= 15 is 0 Å². The van der Waals surface area contributed by atoms with Gasteiger partial charge in [-0.1, -0.05) is 23.7 Å². The van der Waals surface area contributed by atoms with Crippen LogP contribution in [0.4, 0.5) is 4.79 Å². The summed E-state index contributed by atoms with van der Waals surface area (Å²) in [6, 6.07) is 9.89. The average molecular weight is 346 g/mol. The first kappa shape index (κ1) is 16.8. The fourth-order valence-electron chi connectivity index (χ4n) is 3.01. The van der Waals surface area contributed by atoms with Crippen LogP contribution >= 0.6 is 11.6 Å². The van der Waals surface area contributed by atoms with Crippen LogP contribution in [-0.4, -0.2) is 55.2 Å². The van der Waals surface area contributed by atoms with Gasteiger partial charge in [-0.05, 0) is 36.1 Å². The highest BCUT2D eigenvalue weighted by molar-refractivity contribution is 6.30. The maximum absolute atomic E-state index is 12.5. The van der Waals surface area contributed by atoms with Gasteiger partial charge in [0.25, 0.3) is 0 Å². The van der Waals surface area contributed by atoms with Gasteiger partial charge >= 0.3 is 6.03 Å². The molecule has 0 radical (unpaired) electrons. The summed E-state index contributed by atoms with van der Waals surface area (Å²) in [6.45, 7) is 2.53. The molecule has 6 heteroatoms. The molecule has 0 unspecified atom stereocenters. The summed E-state index contributed by atoms with van der Waals surface area (Å²) >= 11 is 5.91. The zero-order valence-electron chi connectivity index (χ0n) is 13.7. The maximum Gasteiger partial charge on any atom is 0.320 e. The molecule has 24 heavy (non-hydrogen) atoms. The molecule has 0 aliphatic carbocycles. The number of carbonyl (C=O) groups is 1. The van der Waals surface area contributed by atoms with Crippen LogP contribution in [0, 0.1) is 11.3 Å². The molecule has 0 aromatic heterocycles.